The van der Waals surface area contributed by atoms with Crippen molar-refractivity contribution in [3.8, 4) is 17.6 Å². The van der Waals surface area contributed by atoms with E-state index in [2.05, 4.69) is 11.8 Å². The summed E-state index contributed by atoms with van der Waals surface area (Å²) in [6.07, 6.45) is 0.379. The summed E-state index contributed by atoms with van der Waals surface area (Å²) < 4.78 is 5.61. The SMILES string of the molecule is CN1C(=O)CCOc2cc(C#CC(C)(C)CO)ccc21. The first kappa shape index (κ1) is 14.4. The van der Waals surface area contributed by atoms with E-state index < -0.39 is 5.41 Å². The minimum absolute atomic E-state index is 0.0126. The fourth-order valence-corrected chi connectivity index (χ4v) is 1.82. The van der Waals surface area contributed by atoms with Gasteiger partial charge in [-0.1, -0.05) is 11.8 Å². The number of rotatable bonds is 1. The van der Waals surface area contributed by atoms with E-state index in [4.69, 9.17) is 4.74 Å². The van der Waals surface area contributed by atoms with E-state index in [-0.39, 0.29) is 12.5 Å². The lowest BCUT2D eigenvalue weighted by Crippen LogP contribution is -2.25. The van der Waals surface area contributed by atoms with Crippen LogP contribution in [0.15, 0.2) is 18.2 Å². The lowest BCUT2D eigenvalue weighted by Gasteiger charge is -2.16. The molecule has 1 N–H and O–H groups in total. The summed E-state index contributed by atoms with van der Waals surface area (Å²) in [5.74, 6) is 6.79. The van der Waals surface area contributed by atoms with Gasteiger partial charge < -0.3 is 14.7 Å². The molecule has 0 aliphatic carbocycles. The molecule has 0 atom stereocenters. The third kappa shape index (κ3) is 3.12. The predicted octanol–water partition coefficient (Wildman–Crippen LogP) is 1.80. The number of nitrogens with zero attached hydrogens (tertiary/aromatic N) is 1. The molecule has 1 aromatic rings. The number of benzene rings is 1. The number of amides is 1. The van der Waals surface area contributed by atoms with Crippen molar-refractivity contribution in [3.05, 3.63) is 23.8 Å². The van der Waals surface area contributed by atoms with E-state index >= 15 is 0 Å². The van der Waals surface area contributed by atoms with Crippen molar-refractivity contribution in [1.82, 2.24) is 0 Å². The molecule has 1 aliphatic rings. The monoisotopic (exact) mass is 273 g/mol. The Morgan fingerprint density at radius 1 is 1.45 bits per heavy atom. The van der Waals surface area contributed by atoms with Crippen LogP contribution in [-0.4, -0.2) is 31.3 Å². The van der Waals surface area contributed by atoms with Gasteiger partial charge in [-0.05, 0) is 32.0 Å². The molecule has 0 bridgehead atoms. The Balaban J connectivity index is 2.33. The average molecular weight is 273 g/mol. The van der Waals surface area contributed by atoms with E-state index in [1.807, 2.05) is 32.0 Å². The van der Waals surface area contributed by atoms with Crippen LogP contribution < -0.4 is 9.64 Å². The maximum absolute atomic E-state index is 11.7. The molecule has 0 saturated carbocycles. The minimum atomic E-state index is -0.430. The van der Waals surface area contributed by atoms with Gasteiger partial charge in [0.05, 0.1) is 25.3 Å². The summed E-state index contributed by atoms with van der Waals surface area (Å²) in [6, 6.07) is 5.54. The average Bonchev–Trinajstić information content (AvgIpc) is 2.57. The third-order valence-electron chi connectivity index (χ3n) is 3.21. The lowest BCUT2D eigenvalue weighted by molar-refractivity contribution is -0.118. The topological polar surface area (TPSA) is 49.8 Å². The van der Waals surface area contributed by atoms with Crippen molar-refractivity contribution in [1.29, 1.82) is 0 Å². The van der Waals surface area contributed by atoms with Crippen LogP contribution in [0.5, 0.6) is 5.75 Å². The van der Waals surface area contributed by atoms with Crippen LogP contribution in [0, 0.1) is 17.3 Å². The van der Waals surface area contributed by atoms with Gasteiger partial charge in [-0.15, -0.1) is 0 Å². The highest BCUT2D eigenvalue weighted by Crippen LogP contribution is 2.31. The Hall–Kier alpha value is -1.99. The Kier molecular flexibility index (Phi) is 4.01. The van der Waals surface area contributed by atoms with Crippen LogP contribution in [0.4, 0.5) is 5.69 Å². The molecular weight excluding hydrogens is 254 g/mol. The first-order chi connectivity index (χ1) is 9.43. The predicted molar refractivity (Wildman–Crippen MR) is 77.7 cm³/mol. The molecule has 0 spiro atoms. The van der Waals surface area contributed by atoms with Gasteiger partial charge in [0.25, 0.3) is 0 Å². The molecule has 1 aromatic carbocycles. The van der Waals surface area contributed by atoms with Crippen molar-refractivity contribution in [2.24, 2.45) is 5.41 Å². The fourth-order valence-electron chi connectivity index (χ4n) is 1.82. The second-order valence-corrected chi connectivity index (χ2v) is 5.53. The van der Waals surface area contributed by atoms with Gasteiger partial charge in [-0.2, -0.15) is 0 Å². The molecule has 0 saturated heterocycles. The van der Waals surface area contributed by atoms with Crippen LogP contribution in [0.3, 0.4) is 0 Å². The maximum atomic E-state index is 11.7. The lowest BCUT2D eigenvalue weighted by atomic mass is 9.95. The number of anilines is 1. The number of fused-ring (bicyclic) bond motifs is 1. The van der Waals surface area contributed by atoms with Crippen LogP contribution in [-0.2, 0) is 4.79 Å². The van der Waals surface area contributed by atoms with Gasteiger partial charge in [-0.25, -0.2) is 0 Å². The Morgan fingerprint density at radius 2 is 2.20 bits per heavy atom. The summed E-state index contributed by atoms with van der Waals surface area (Å²) in [5, 5.41) is 9.19. The van der Waals surface area contributed by atoms with Crippen LogP contribution >= 0.6 is 0 Å². The van der Waals surface area contributed by atoms with E-state index in [0.29, 0.717) is 18.8 Å². The fraction of sp³-hybridized carbons (Fsp3) is 0.438. The van der Waals surface area contributed by atoms with Gasteiger partial charge >= 0.3 is 0 Å². The Morgan fingerprint density at radius 3 is 2.90 bits per heavy atom. The molecule has 0 aromatic heterocycles. The molecule has 0 unspecified atom stereocenters. The summed E-state index contributed by atoms with van der Waals surface area (Å²) in [4.78, 5) is 13.4. The van der Waals surface area contributed by atoms with Crippen molar-refractivity contribution in [2.75, 3.05) is 25.2 Å². The van der Waals surface area contributed by atoms with Gasteiger partial charge in [0.2, 0.25) is 5.91 Å². The second kappa shape index (κ2) is 5.56. The highest BCUT2D eigenvalue weighted by Gasteiger charge is 2.19. The highest BCUT2D eigenvalue weighted by atomic mass is 16.5. The first-order valence-electron chi connectivity index (χ1n) is 6.60. The van der Waals surface area contributed by atoms with E-state index in [9.17, 15) is 9.90 Å². The van der Waals surface area contributed by atoms with E-state index in [1.165, 1.54) is 0 Å². The third-order valence-corrected chi connectivity index (χ3v) is 3.21. The molecule has 4 nitrogen and oxygen atoms in total. The number of hydrogen-bond donors (Lipinski definition) is 1. The zero-order valence-corrected chi connectivity index (χ0v) is 12.1. The van der Waals surface area contributed by atoms with Crippen molar-refractivity contribution in [3.63, 3.8) is 0 Å². The summed E-state index contributed by atoms with van der Waals surface area (Å²) >= 11 is 0. The van der Waals surface area contributed by atoms with Gasteiger partial charge in [0.1, 0.15) is 5.75 Å². The largest absolute Gasteiger partial charge is 0.491 e. The molecule has 1 aliphatic heterocycles. The van der Waals surface area contributed by atoms with Crippen molar-refractivity contribution in [2.45, 2.75) is 20.3 Å². The number of aliphatic hydroxyl groups is 1. The van der Waals surface area contributed by atoms with Crippen LogP contribution in [0.2, 0.25) is 0 Å². The molecule has 106 valence electrons. The molecule has 1 heterocycles. The number of aliphatic hydroxyl groups excluding tert-OH is 1. The zero-order chi connectivity index (χ0) is 14.8. The van der Waals surface area contributed by atoms with Gasteiger partial charge in [-0.3, -0.25) is 4.79 Å². The summed E-state index contributed by atoms with van der Waals surface area (Å²) in [5.41, 5.74) is 1.15. The van der Waals surface area contributed by atoms with E-state index in [0.717, 1.165) is 11.3 Å². The maximum Gasteiger partial charge on any atom is 0.230 e. The molecular formula is C16H19NO3. The number of carbonyl (C=O) groups is 1. The Labute approximate surface area is 119 Å². The normalized spacial score (nSPS) is 14.8. The van der Waals surface area contributed by atoms with Gasteiger partial charge in [0.15, 0.2) is 0 Å². The molecule has 20 heavy (non-hydrogen) atoms. The minimum Gasteiger partial charge on any atom is -0.491 e. The molecule has 0 fully saturated rings. The van der Waals surface area contributed by atoms with E-state index in [1.54, 1.807) is 11.9 Å². The standard InChI is InChI=1S/C16H19NO3/c1-16(2,11-18)8-6-12-4-5-13-14(10-12)20-9-7-15(19)17(13)3/h4-5,10,18H,7,9,11H2,1-3H3. The van der Waals surface area contributed by atoms with Crippen molar-refractivity contribution >= 4 is 11.6 Å². The Bertz CT molecular complexity index is 581. The second-order valence-electron chi connectivity index (χ2n) is 5.53. The molecule has 4 heteroatoms. The highest BCUT2D eigenvalue weighted by molar-refractivity contribution is 5.95. The molecule has 1 amide bonds. The smallest absolute Gasteiger partial charge is 0.230 e. The first-order valence-corrected chi connectivity index (χ1v) is 6.60. The van der Waals surface area contributed by atoms with Crippen LogP contribution in [0.25, 0.3) is 0 Å². The van der Waals surface area contributed by atoms with Crippen LogP contribution in [0.1, 0.15) is 25.8 Å². The zero-order valence-electron chi connectivity index (χ0n) is 12.1. The summed E-state index contributed by atoms with van der Waals surface area (Å²) in [6.45, 7) is 4.16. The molecule has 0 radical (unpaired) electrons. The van der Waals surface area contributed by atoms with Gasteiger partial charge in [0, 0.05) is 18.0 Å². The molecule has 2 rings (SSSR count). The number of hydrogen-bond acceptors (Lipinski definition) is 3. The summed E-state index contributed by atoms with van der Waals surface area (Å²) in [7, 11) is 1.75. The quantitative estimate of drug-likeness (QED) is 0.794. The number of ether oxygens (including phenoxy) is 1. The van der Waals surface area contributed by atoms with Crippen molar-refractivity contribution < 1.29 is 14.6 Å². The number of carbonyl (C=O) groups excluding carboxylic acids is 1.